The molecule has 6 nitrogen and oxygen atoms in total. The van der Waals surface area contributed by atoms with Crippen molar-refractivity contribution in [3.05, 3.63) is 88.5 Å². The molecule has 1 N–H and O–H groups in total. The minimum Gasteiger partial charge on any atom is -0.309 e. The standard InChI is InChI=1S/C29H20F6N6S3/c1-17-3-8-21(9-4-17)41-26(42)40(22-10-6-19(16-37)24(14-22)29(33,34)35)25(27(41)11-2-12-27)39-44(43)38-20-7-5-18(15-36)23(13-20)28(30,31)32/h3-10,13-14,38H,2,11-12H2,1H3. The Bertz CT molecular complexity index is 1780. The fraction of sp³-hybridized carbons (Fsp3) is 0.241. The van der Waals surface area contributed by atoms with Crippen LogP contribution in [0.3, 0.4) is 0 Å². The van der Waals surface area contributed by atoms with Crippen molar-refractivity contribution in [1.29, 1.82) is 10.5 Å². The molecule has 0 bridgehead atoms. The Morgan fingerprint density at radius 3 is 1.93 bits per heavy atom. The van der Waals surface area contributed by atoms with Gasteiger partial charge in [0.2, 0.25) is 0 Å². The Morgan fingerprint density at radius 1 is 0.864 bits per heavy atom. The van der Waals surface area contributed by atoms with Gasteiger partial charge in [0, 0.05) is 11.4 Å². The summed E-state index contributed by atoms with van der Waals surface area (Å²) in [5, 5.41) is 18.6. The van der Waals surface area contributed by atoms with Crippen LogP contribution in [-0.4, -0.2) is 16.5 Å². The van der Waals surface area contributed by atoms with Crippen molar-refractivity contribution in [2.24, 2.45) is 4.40 Å². The molecular weight excluding hydrogens is 643 g/mol. The summed E-state index contributed by atoms with van der Waals surface area (Å²) < 4.78 is 90.0. The molecule has 3 aromatic carbocycles. The Morgan fingerprint density at radius 2 is 1.41 bits per heavy atom. The highest BCUT2D eigenvalue weighted by atomic mass is 32.8. The van der Waals surface area contributed by atoms with Crippen LogP contribution in [0.5, 0.6) is 0 Å². The zero-order chi connectivity index (χ0) is 32.0. The van der Waals surface area contributed by atoms with Gasteiger partial charge in [-0.15, -0.1) is 0 Å². The number of aryl methyl sites for hydroxylation is 1. The predicted octanol–water partition coefficient (Wildman–Crippen LogP) is 7.73. The van der Waals surface area contributed by atoms with Crippen molar-refractivity contribution in [3.8, 4) is 12.1 Å². The van der Waals surface area contributed by atoms with Gasteiger partial charge in [0.15, 0.2) is 10.9 Å². The summed E-state index contributed by atoms with van der Waals surface area (Å²) in [7, 11) is -1.61. The van der Waals surface area contributed by atoms with Gasteiger partial charge in [-0.05, 0) is 98.1 Å². The SMILES string of the molecule is Cc1ccc(N2C(=S)N(c3ccc(C#N)c(C(F)(F)F)c3)C(=NS(=S)Nc3ccc(C#N)c(C(F)(F)F)c3)C23CCC3)cc1. The Balaban J connectivity index is 1.64. The normalized spacial score (nSPS) is 17.8. The van der Waals surface area contributed by atoms with E-state index in [2.05, 4.69) is 9.12 Å². The first-order valence-electron chi connectivity index (χ1n) is 12.9. The topological polar surface area (TPSA) is 78.4 Å². The van der Waals surface area contributed by atoms with E-state index < -0.39 is 50.0 Å². The molecule has 15 heteroatoms. The van der Waals surface area contributed by atoms with Crippen LogP contribution in [0.25, 0.3) is 0 Å². The van der Waals surface area contributed by atoms with Crippen molar-refractivity contribution in [3.63, 3.8) is 0 Å². The summed E-state index contributed by atoms with van der Waals surface area (Å²) in [6.45, 7) is 1.90. The minimum atomic E-state index is -4.83. The number of nitrogens with one attached hydrogen (secondary N) is 1. The van der Waals surface area contributed by atoms with Crippen molar-refractivity contribution in [1.82, 2.24) is 0 Å². The largest absolute Gasteiger partial charge is 0.417 e. The lowest BCUT2D eigenvalue weighted by atomic mass is 9.75. The quantitative estimate of drug-likeness (QED) is 0.221. The number of alkyl halides is 6. The smallest absolute Gasteiger partial charge is 0.309 e. The summed E-state index contributed by atoms with van der Waals surface area (Å²) in [6, 6.07) is 16.8. The van der Waals surface area contributed by atoms with Crippen molar-refractivity contribution < 1.29 is 26.3 Å². The second kappa shape index (κ2) is 11.5. The number of hydrogen-bond donors (Lipinski definition) is 1. The highest BCUT2D eigenvalue weighted by molar-refractivity contribution is 8.28. The molecule has 2 aliphatic rings. The highest BCUT2D eigenvalue weighted by Gasteiger charge is 2.58. The van der Waals surface area contributed by atoms with E-state index in [9.17, 15) is 31.6 Å². The first-order valence-corrected chi connectivity index (χ1v) is 15.4. The summed E-state index contributed by atoms with van der Waals surface area (Å²) >= 11 is 11.4. The van der Waals surface area contributed by atoms with Crippen molar-refractivity contribution in [2.45, 2.75) is 44.1 Å². The summed E-state index contributed by atoms with van der Waals surface area (Å²) in [5.41, 5.74) is -2.68. The van der Waals surface area contributed by atoms with Gasteiger partial charge < -0.3 is 9.62 Å². The molecule has 0 amide bonds. The van der Waals surface area contributed by atoms with Crippen molar-refractivity contribution in [2.75, 3.05) is 14.5 Å². The molecule has 0 radical (unpaired) electrons. The number of anilines is 3. The van der Waals surface area contributed by atoms with Crippen LogP contribution in [0.2, 0.25) is 0 Å². The van der Waals surface area contributed by atoms with Crippen molar-refractivity contribution >= 4 is 61.2 Å². The van der Waals surface area contributed by atoms with Crippen LogP contribution in [0.4, 0.5) is 43.4 Å². The Hall–Kier alpha value is -4.05. The third kappa shape index (κ3) is 5.63. The molecule has 2 fully saturated rings. The lowest BCUT2D eigenvalue weighted by molar-refractivity contribution is -0.138. The van der Waals surface area contributed by atoms with Crippen LogP contribution in [0.1, 0.15) is 47.1 Å². The molecule has 5 rings (SSSR count). The monoisotopic (exact) mass is 662 g/mol. The van der Waals surface area contributed by atoms with Crippen LogP contribution in [0, 0.1) is 29.6 Å². The van der Waals surface area contributed by atoms with E-state index in [1.54, 1.807) is 6.07 Å². The summed E-state index contributed by atoms with van der Waals surface area (Å²) in [4.78, 5) is 3.21. The zero-order valence-corrected chi connectivity index (χ0v) is 25.1. The average molecular weight is 663 g/mol. The van der Waals surface area contributed by atoms with E-state index >= 15 is 0 Å². The van der Waals surface area contributed by atoms with Gasteiger partial charge in [-0.1, -0.05) is 17.7 Å². The molecule has 1 saturated heterocycles. The summed E-state index contributed by atoms with van der Waals surface area (Å²) in [6.07, 6.45) is -7.82. The van der Waals surface area contributed by atoms with Gasteiger partial charge >= 0.3 is 12.4 Å². The van der Waals surface area contributed by atoms with E-state index in [0.29, 0.717) is 18.5 Å². The maximum atomic E-state index is 14.0. The summed E-state index contributed by atoms with van der Waals surface area (Å²) in [5.74, 6) is 0.239. The van der Waals surface area contributed by atoms with Crippen LogP contribution < -0.4 is 14.5 Å². The molecule has 1 heterocycles. The molecular formula is C29H20F6N6S3. The van der Waals surface area contributed by atoms with E-state index in [4.69, 9.17) is 28.7 Å². The number of benzene rings is 3. The molecule has 44 heavy (non-hydrogen) atoms. The molecule has 0 aromatic heterocycles. The second-order valence-electron chi connectivity index (χ2n) is 10.1. The number of nitriles is 2. The zero-order valence-electron chi connectivity index (χ0n) is 22.6. The molecule has 1 atom stereocenters. The van der Waals surface area contributed by atoms with E-state index in [0.717, 1.165) is 36.2 Å². The molecule has 1 unspecified atom stereocenters. The van der Waals surface area contributed by atoms with E-state index in [1.807, 2.05) is 36.1 Å². The lowest BCUT2D eigenvalue weighted by Gasteiger charge is -2.44. The van der Waals surface area contributed by atoms with Gasteiger partial charge in [0.1, 0.15) is 5.54 Å². The lowest BCUT2D eigenvalue weighted by Crippen LogP contribution is -2.55. The molecule has 1 aliphatic carbocycles. The third-order valence-electron chi connectivity index (χ3n) is 7.42. The number of hydrogen-bond acceptors (Lipinski definition) is 4. The van der Waals surface area contributed by atoms with Gasteiger partial charge in [0.25, 0.3) is 0 Å². The molecule has 226 valence electrons. The number of rotatable bonds is 5. The minimum absolute atomic E-state index is 0.00527. The van der Waals surface area contributed by atoms with Gasteiger partial charge in [-0.2, -0.15) is 41.3 Å². The van der Waals surface area contributed by atoms with Crippen LogP contribution >= 0.6 is 12.2 Å². The fourth-order valence-corrected chi connectivity index (χ4v) is 6.95. The number of thiocarbonyl (C=S) groups is 1. The number of nitrogens with zero attached hydrogens (tertiary/aromatic N) is 5. The molecule has 1 aliphatic heterocycles. The van der Waals surface area contributed by atoms with E-state index in [-0.39, 0.29) is 22.3 Å². The average Bonchev–Trinajstić information content (AvgIpc) is 3.20. The Labute approximate surface area is 261 Å². The van der Waals surface area contributed by atoms with Crippen LogP contribution in [-0.2, 0) is 33.4 Å². The van der Waals surface area contributed by atoms with E-state index in [1.165, 1.54) is 23.1 Å². The predicted molar refractivity (Wildman–Crippen MR) is 163 cm³/mol. The Kier molecular flexibility index (Phi) is 8.18. The fourth-order valence-electron chi connectivity index (χ4n) is 5.20. The second-order valence-corrected chi connectivity index (χ2v) is 12.3. The molecule has 1 saturated carbocycles. The highest BCUT2D eigenvalue weighted by Crippen LogP contribution is 2.49. The van der Waals surface area contributed by atoms with Crippen LogP contribution in [0.15, 0.2) is 65.1 Å². The first kappa shape index (κ1) is 31.4. The van der Waals surface area contributed by atoms with Gasteiger partial charge in [-0.25, -0.2) is 0 Å². The third-order valence-corrected chi connectivity index (χ3v) is 9.01. The molecule has 3 aromatic rings. The number of amidine groups is 1. The maximum absolute atomic E-state index is 14.0. The number of halogens is 6. The molecule has 1 spiro atoms. The first-order chi connectivity index (χ1) is 20.7. The van der Waals surface area contributed by atoms with Gasteiger partial charge in [-0.3, -0.25) is 4.90 Å². The van der Waals surface area contributed by atoms with Gasteiger partial charge in [0.05, 0.1) is 49.9 Å². The maximum Gasteiger partial charge on any atom is 0.417 e.